The van der Waals surface area contributed by atoms with E-state index in [9.17, 15) is 9.59 Å². The van der Waals surface area contributed by atoms with Crippen molar-refractivity contribution in [2.45, 2.75) is 39.5 Å². The minimum absolute atomic E-state index is 0.109. The van der Waals surface area contributed by atoms with Crippen molar-refractivity contribution in [3.63, 3.8) is 0 Å². The Kier molecular flexibility index (Phi) is 10.7. The molecule has 0 bridgehead atoms. The number of anilines is 3. The molecular weight excluding hydrogens is 538 g/mol. The van der Waals surface area contributed by atoms with E-state index in [1.165, 1.54) is 5.56 Å². The first kappa shape index (κ1) is 30.6. The van der Waals surface area contributed by atoms with E-state index in [-0.39, 0.29) is 11.9 Å². The first-order chi connectivity index (χ1) is 21.0. The zero-order valence-corrected chi connectivity index (χ0v) is 25.5. The minimum Gasteiger partial charge on any atom is -0.379 e. The molecule has 3 aromatic rings. The van der Waals surface area contributed by atoms with Gasteiger partial charge in [-0.1, -0.05) is 42.5 Å². The summed E-state index contributed by atoms with van der Waals surface area (Å²) in [5.74, 6) is 0.521. The highest BCUT2D eigenvalue weighted by Crippen LogP contribution is 2.30. The van der Waals surface area contributed by atoms with Gasteiger partial charge in [0.15, 0.2) is 0 Å². The highest BCUT2D eigenvalue weighted by molar-refractivity contribution is 6.04. The van der Waals surface area contributed by atoms with Crippen LogP contribution in [-0.4, -0.2) is 69.3 Å². The fraction of sp³-hybridized carbons (Fsp3) is 0.429. The molecule has 2 heterocycles. The lowest BCUT2D eigenvalue weighted by atomic mass is 9.89. The minimum atomic E-state index is -0.333. The number of rotatable bonds is 10. The molecule has 3 aromatic carbocycles. The van der Waals surface area contributed by atoms with Crippen LogP contribution in [0.3, 0.4) is 0 Å². The van der Waals surface area contributed by atoms with Crippen LogP contribution in [0, 0.1) is 19.8 Å². The van der Waals surface area contributed by atoms with Crippen LogP contribution in [0.2, 0.25) is 0 Å². The molecule has 2 saturated heterocycles. The smallest absolute Gasteiger partial charge is 0.323 e. The molecule has 0 atom stereocenters. The van der Waals surface area contributed by atoms with Gasteiger partial charge in [0.1, 0.15) is 0 Å². The summed E-state index contributed by atoms with van der Waals surface area (Å²) in [4.78, 5) is 31.2. The number of benzene rings is 3. The van der Waals surface area contributed by atoms with Crippen LogP contribution in [0.1, 0.15) is 46.3 Å². The standard InChI is InChI=1S/C35H45N5O3/c1-26-8-6-11-32(27(26)2)38-35(42)37-30-12-13-33(40-18-14-29(15-19-40)24-28-9-4-3-5-10-28)31(25-30)34(41)36-16-7-17-39-20-22-43-23-21-39/h3-6,8-13,25,29H,7,14-24H2,1-2H3,(H,36,41)(H2,37,38,42). The van der Waals surface area contributed by atoms with Crippen molar-refractivity contribution in [2.75, 3.05) is 68.0 Å². The van der Waals surface area contributed by atoms with E-state index in [1.54, 1.807) is 0 Å². The Hall–Kier alpha value is -3.88. The molecule has 43 heavy (non-hydrogen) atoms. The van der Waals surface area contributed by atoms with E-state index >= 15 is 0 Å². The zero-order chi connectivity index (χ0) is 30.0. The fourth-order valence-corrected chi connectivity index (χ4v) is 5.99. The maximum Gasteiger partial charge on any atom is 0.323 e. The second kappa shape index (κ2) is 15.0. The number of nitrogens with one attached hydrogen (secondary N) is 3. The molecule has 0 saturated carbocycles. The quantitative estimate of drug-likeness (QED) is 0.261. The fourth-order valence-electron chi connectivity index (χ4n) is 5.99. The lowest BCUT2D eigenvalue weighted by Crippen LogP contribution is -2.38. The van der Waals surface area contributed by atoms with E-state index < -0.39 is 0 Å². The van der Waals surface area contributed by atoms with Crippen LogP contribution in [0.5, 0.6) is 0 Å². The van der Waals surface area contributed by atoms with Crippen LogP contribution >= 0.6 is 0 Å². The third-order valence-electron chi connectivity index (χ3n) is 8.71. The molecule has 3 N–H and O–H groups in total. The molecule has 0 unspecified atom stereocenters. The molecule has 8 nitrogen and oxygen atoms in total. The summed E-state index contributed by atoms with van der Waals surface area (Å²) in [7, 11) is 0. The molecule has 2 aliphatic heterocycles. The van der Waals surface area contributed by atoms with Gasteiger partial charge in [-0.2, -0.15) is 0 Å². The van der Waals surface area contributed by atoms with Crippen LogP contribution < -0.4 is 20.9 Å². The second-order valence-corrected chi connectivity index (χ2v) is 11.7. The van der Waals surface area contributed by atoms with Crippen LogP contribution in [0.25, 0.3) is 0 Å². The van der Waals surface area contributed by atoms with Gasteiger partial charge in [0.05, 0.1) is 18.8 Å². The Bertz CT molecular complexity index is 1370. The van der Waals surface area contributed by atoms with Crippen molar-refractivity contribution in [3.8, 4) is 0 Å². The topological polar surface area (TPSA) is 85.9 Å². The molecule has 0 aromatic heterocycles. The molecule has 2 fully saturated rings. The Morgan fingerprint density at radius 2 is 1.65 bits per heavy atom. The Morgan fingerprint density at radius 1 is 0.884 bits per heavy atom. The van der Waals surface area contributed by atoms with Gasteiger partial charge in [0.25, 0.3) is 5.91 Å². The number of piperidine rings is 1. The van der Waals surface area contributed by atoms with Gasteiger partial charge in [-0.25, -0.2) is 4.79 Å². The number of ether oxygens (including phenoxy) is 1. The van der Waals surface area contributed by atoms with Gasteiger partial charge < -0.3 is 25.6 Å². The number of nitrogens with zero attached hydrogens (tertiary/aromatic N) is 2. The molecule has 0 spiro atoms. The molecule has 5 rings (SSSR count). The normalized spacial score (nSPS) is 16.1. The molecule has 2 aliphatic rings. The first-order valence-electron chi connectivity index (χ1n) is 15.6. The van der Waals surface area contributed by atoms with Gasteiger partial charge in [0.2, 0.25) is 0 Å². The Labute approximate surface area is 255 Å². The Balaban J connectivity index is 1.25. The number of hydrogen-bond acceptors (Lipinski definition) is 5. The summed E-state index contributed by atoms with van der Waals surface area (Å²) in [5, 5.41) is 9.03. The molecule has 0 aliphatic carbocycles. The molecule has 8 heteroatoms. The molecule has 3 amide bonds. The van der Waals surface area contributed by atoms with Crippen LogP contribution in [-0.2, 0) is 11.2 Å². The van der Waals surface area contributed by atoms with Gasteiger partial charge in [-0.15, -0.1) is 0 Å². The summed E-state index contributed by atoms with van der Waals surface area (Å²) < 4.78 is 5.44. The maximum absolute atomic E-state index is 13.6. The van der Waals surface area contributed by atoms with Gasteiger partial charge in [0, 0.05) is 49.8 Å². The van der Waals surface area contributed by atoms with Crippen LogP contribution in [0.4, 0.5) is 21.9 Å². The molecule has 228 valence electrons. The summed E-state index contributed by atoms with van der Waals surface area (Å²) in [6.07, 6.45) is 4.12. The van der Waals surface area contributed by atoms with Crippen molar-refractivity contribution in [1.29, 1.82) is 0 Å². The SMILES string of the molecule is Cc1cccc(NC(=O)Nc2ccc(N3CCC(Cc4ccccc4)CC3)c(C(=O)NCCCN3CCOCC3)c2)c1C. The van der Waals surface area contributed by atoms with Gasteiger partial charge >= 0.3 is 6.03 Å². The Morgan fingerprint density at radius 3 is 2.42 bits per heavy atom. The third kappa shape index (κ3) is 8.58. The number of morpholine rings is 1. The van der Waals surface area contributed by atoms with Crippen molar-refractivity contribution in [3.05, 3.63) is 89.0 Å². The predicted molar refractivity (Wildman–Crippen MR) is 174 cm³/mol. The highest BCUT2D eigenvalue weighted by Gasteiger charge is 2.24. The second-order valence-electron chi connectivity index (χ2n) is 11.7. The monoisotopic (exact) mass is 583 g/mol. The predicted octanol–water partition coefficient (Wildman–Crippen LogP) is 5.86. The average molecular weight is 584 g/mol. The van der Waals surface area contributed by atoms with E-state index in [0.29, 0.717) is 23.7 Å². The van der Waals surface area contributed by atoms with Crippen molar-refractivity contribution in [2.24, 2.45) is 5.92 Å². The molecular formula is C35H45N5O3. The number of carbonyl (C=O) groups excluding carboxylic acids is 2. The largest absolute Gasteiger partial charge is 0.379 e. The number of urea groups is 1. The lowest BCUT2D eigenvalue weighted by Gasteiger charge is -2.35. The first-order valence-corrected chi connectivity index (χ1v) is 15.6. The molecule has 0 radical (unpaired) electrons. The summed E-state index contributed by atoms with van der Waals surface area (Å²) in [6, 6.07) is 21.9. The van der Waals surface area contributed by atoms with E-state index in [1.807, 2.05) is 50.2 Å². The number of hydrogen-bond donors (Lipinski definition) is 3. The van der Waals surface area contributed by atoms with Crippen LogP contribution in [0.15, 0.2) is 66.7 Å². The third-order valence-corrected chi connectivity index (χ3v) is 8.71. The summed E-state index contributed by atoms with van der Waals surface area (Å²) >= 11 is 0. The van der Waals surface area contributed by atoms with E-state index in [2.05, 4.69) is 56.1 Å². The van der Waals surface area contributed by atoms with Crippen molar-refractivity contribution >= 4 is 29.0 Å². The lowest BCUT2D eigenvalue weighted by molar-refractivity contribution is 0.0374. The van der Waals surface area contributed by atoms with Crippen molar-refractivity contribution in [1.82, 2.24) is 10.2 Å². The number of carbonyl (C=O) groups is 2. The van der Waals surface area contributed by atoms with E-state index in [4.69, 9.17) is 4.74 Å². The van der Waals surface area contributed by atoms with Gasteiger partial charge in [-0.05, 0) is 92.9 Å². The highest BCUT2D eigenvalue weighted by atomic mass is 16.5. The number of amides is 3. The number of aryl methyl sites for hydroxylation is 1. The summed E-state index contributed by atoms with van der Waals surface area (Å²) in [6.45, 7) is 10.8. The van der Waals surface area contributed by atoms with Crippen molar-refractivity contribution < 1.29 is 14.3 Å². The van der Waals surface area contributed by atoms with E-state index in [0.717, 1.165) is 94.1 Å². The maximum atomic E-state index is 13.6. The van der Waals surface area contributed by atoms with Gasteiger partial charge in [-0.3, -0.25) is 9.69 Å². The zero-order valence-electron chi connectivity index (χ0n) is 25.5. The average Bonchev–Trinajstić information content (AvgIpc) is 3.03. The summed E-state index contributed by atoms with van der Waals surface area (Å²) in [5.41, 5.74) is 6.40.